The van der Waals surface area contributed by atoms with Crippen molar-refractivity contribution in [2.75, 3.05) is 18.6 Å². The van der Waals surface area contributed by atoms with Crippen LogP contribution >= 0.6 is 11.8 Å². The number of aliphatic hydroxyl groups is 2. The number of hydrogen-bond acceptors (Lipinski definition) is 9. The highest BCUT2D eigenvalue weighted by molar-refractivity contribution is 7.98. The summed E-state index contributed by atoms with van der Waals surface area (Å²) in [5, 5.41) is 21.3. The lowest BCUT2D eigenvalue weighted by Crippen LogP contribution is -2.38. The Bertz CT molecular complexity index is 880. The Morgan fingerprint density at radius 1 is 1.56 bits per heavy atom. The van der Waals surface area contributed by atoms with Gasteiger partial charge in [0.1, 0.15) is 23.6 Å². The number of fused-ring (bicyclic) bond motifs is 1. The molecule has 0 radical (unpaired) electrons. The van der Waals surface area contributed by atoms with Crippen LogP contribution in [-0.4, -0.2) is 54.7 Å². The molecule has 4 N–H and O–H groups in total. The van der Waals surface area contributed by atoms with Gasteiger partial charge >= 0.3 is 5.97 Å². The van der Waals surface area contributed by atoms with Crippen LogP contribution in [0.3, 0.4) is 0 Å². The van der Waals surface area contributed by atoms with E-state index in [2.05, 4.69) is 15.0 Å². The van der Waals surface area contributed by atoms with Gasteiger partial charge in [-0.15, -0.1) is 0 Å². The minimum atomic E-state index is -1.38. The second-order valence-electron chi connectivity index (χ2n) is 5.93. The maximum Gasteiger partial charge on any atom is 0.315 e. The minimum absolute atomic E-state index is 0.0722. The first-order valence-electron chi connectivity index (χ1n) is 7.65. The molecule has 134 valence electrons. The fourth-order valence-electron chi connectivity index (χ4n) is 2.87. The summed E-state index contributed by atoms with van der Waals surface area (Å²) in [6.07, 6.45) is 1.95. The average molecular weight is 365 g/mol. The summed E-state index contributed by atoms with van der Waals surface area (Å²) >= 11 is 1.32. The molecule has 2 atom stereocenters. The third-order valence-corrected chi connectivity index (χ3v) is 4.86. The molecule has 1 aliphatic carbocycles. The fraction of sp³-hybridized carbons (Fsp3) is 0.467. The standard InChI is InChI=1S/C15H19N5O4S/c1-4-24-13(23)15(2)5-7(9(21)10(15)22)20-6-17-8-11(16)18-14(25-3)19-12(8)20/h6,10,21-22H,4-5H2,1-3H3,(H2,16,18,19)/t10-,15-/m0/s1. The smallest absolute Gasteiger partial charge is 0.315 e. The number of hydrogen-bond donors (Lipinski definition) is 3. The maximum atomic E-state index is 12.3. The second-order valence-corrected chi connectivity index (χ2v) is 6.70. The van der Waals surface area contributed by atoms with Gasteiger partial charge in [0, 0.05) is 6.42 Å². The van der Waals surface area contributed by atoms with E-state index in [1.807, 2.05) is 6.26 Å². The summed E-state index contributed by atoms with van der Waals surface area (Å²) < 4.78 is 6.57. The lowest BCUT2D eigenvalue weighted by Gasteiger charge is -2.25. The van der Waals surface area contributed by atoms with E-state index >= 15 is 0 Å². The molecule has 25 heavy (non-hydrogen) atoms. The summed E-state index contributed by atoms with van der Waals surface area (Å²) in [5.41, 5.74) is 5.74. The van der Waals surface area contributed by atoms with Crippen molar-refractivity contribution < 1.29 is 19.7 Å². The van der Waals surface area contributed by atoms with Gasteiger partial charge in [-0.05, 0) is 20.1 Å². The molecule has 0 fully saturated rings. The number of ether oxygens (including phenoxy) is 1. The maximum absolute atomic E-state index is 12.3. The van der Waals surface area contributed by atoms with Gasteiger partial charge in [0.05, 0.1) is 12.3 Å². The highest BCUT2D eigenvalue weighted by Gasteiger charge is 2.51. The van der Waals surface area contributed by atoms with E-state index in [1.165, 1.54) is 22.7 Å². The molecule has 3 rings (SSSR count). The van der Waals surface area contributed by atoms with Crippen molar-refractivity contribution in [3.63, 3.8) is 0 Å². The molecule has 9 nitrogen and oxygen atoms in total. The number of carbonyl (C=O) groups is 1. The number of rotatable bonds is 4. The van der Waals surface area contributed by atoms with Crippen molar-refractivity contribution in [2.45, 2.75) is 31.5 Å². The molecular formula is C15H19N5O4S. The predicted molar refractivity (Wildman–Crippen MR) is 92.7 cm³/mol. The number of aromatic nitrogens is 4. The molecule has 0 amide bonds. The Labute approximate surface area is 147 Å². The molecule has 0 bridgehead atoms. The van der Waals surface area contributed by atoms with Crippen molar-refractivity contribution in [3.8, 4) is 0 Å². The summed E-state index contributed by atoms with van der Waals surface area (Å²) in [7, 11) is 0. The lowest BCUT2D eigenvalue weighted by molar-refractivity contribution is -0.159. The van der Waals surface area contributed by atoms with E-state index in [1.54, 1.807) is 13.8 Å². The Morgan fingerprint density at radius 3 is 2.92 bits per heavy atom. The zero-order valence-electron chi connectivity index (χ0n) is 14.1. The van der Waals surface area contributed by atoms with Crippen LogP contribution in [0.1, 0.15) is 20.3 Å². The van der Waals surface area contributed by atoms with Gasteiger partial charge in [0.25, 0.3) is 0 Å². The number of nitrogens with zero attached hydrogens (tertiary/aromatic N) is 4. The third-order valence-electron chi connectivity index (χ3n) is 4.31. The molecule has 1 aliphatic rings. The highest BCUT2D eigenvalue weighted by atomic mass is 32.2. The number of imidazole rings is 1. The first-order chi connectivity index (χ1) is 11.8. The summed E-state index contributed by atoms with van der Waals surface area (Å²) in [4.78, 5) is 25.0. The number of nitrogens with two attached hydrogens (primary N) is 1. The van der Waals surface area contributed by atoms with Crippen LogP contribution in [0.25, 0.3) is 16.9 Å². The van der Waals surface area contributed by atoms with Crippen LogP contribution in [0.5, 0.6) is 0 Å². The number of thioether (sulfide) groups is 1. The molecule has 0 saturated heterocycles. The van der Waals surface area contributed by atoms with E-state index in [0.29, 0.717) is 22.0 Å². The van der Waals surface area contributed by atoms with Gasteiger partial charge in [-0.25, -0.2) is 15.0 Å². The quantitative estimate of drug-likeness (QED) is 0.414. The van der Waals surface area contributed by atoms with Crippen molar-refractivity contribution >= 4 is 40.4 Å². The zero-order valence-corrected chi connectivity index (χ0v) is 14.9. The topological polar surface area (TPSA) is 136 Å². The number of allylic oxidation sites excluding steroid dienone is 1. The molecule has 2 aromatic heterocycles. The van der Waals surface area contributed by atoms with Crippen molar-refractivity contribution in [3.05, 3.63) is 12.1 Å². The van der Waals surface area contributed by atoms with E-state index < -0.39 is 17.5 Å². The molecule has 2 aromatic rings. The Balaban J connectivity index is 2.09. The monoisotopic (exact) mass is 365 g/mol. The number of esters is 1. The molecule has 0 unspecified atom stereocenters. The molecular weight excluding hydrogens is 346 g/mol. The zero-order chi connectivity index (χ0) is 18.4. The van der Waals surface area contributed by atoms with Crippen LogP contribution in [0.15, 0.2) is 17.2 Å². The normalized spacial score (nSPS) is 23.4. The highest BCUT2D eigenvalue weighted by Crippen LogP contribution is 2.44. The van der Waals surface area contributed by atoms with Gasteiger partial charge in [0.15, 0.2) is 22.1 Å². The molecule has 0 aromatic carbocycles. The van der Waals surface area contributed by atoms with Gasteiger partial charge in [-0.2, -0.15) is 0 Å². The van der Waals surface area contributed by atoms with Gasteiger partial charge in [-0.1, -0.05) is 11.8 Å². The molecule has 2 heterocycles. The SMILES string of the molecule is CCOC(=O)[C@@]1(C)CC(n2cnc3c(N)nc(SC)nc32)=C(O)[C@@H]1O. The second kappa shape index (κ2) is 6.19. The van der Waals surface area contributed by atoms with E-state index in [-0.39, 0.29) is 24.6 Å². The Morgan fingerprint density at radius 2 is 2.28 bits per heavy atom. The Hall–Kier alpha value is -2.33. The van der Waals surface area contributed by atoms with Crippen molar-refractivity contribution in [1.82, 2.24) is 19.5 Å². The van der Waals surface area contributed by atoms with E-state index in [0.717, 1.165) is 0 Å². The van der Waals surface area contributed by atoms with E-state index in [4.69, 9.17) is 10.5 Å². The third kappa shape index (κ3) is 2.61. The van der Waals surface area contributed by atoms with Crippen LogP contribution in [0.2, 0.25) is 0 Å². The van der Waals surface area contributed by atoms with Crippen molar-refractivity contribution in [2.24, 2.45) is 5.41 Å². The minimum Gasteiger partial charge on any atom is -0.508 e. The summed E-state index contributed by atoms with van der Waals surface area (Å²) in [6, 6.07) is 0. The predicted octanol–water partition coefficient (Wildman–Crippen LogP) is 1.19. The first-order valence-corrected chi connectivity index (χ1v) is 8.88. The van der Waals surface area contributed by atoms with Crippen LogP contribution in [0, 0.1) is 5.41 Å². The van der Waals surface area contributed by atoms with Crippen LogP contribution in [-0.2, 0) is 9.53 Å². The molecule has 0 saturated carbocycles. The Kier molecular flexibility index (Phi) is 4.33. The molecule has 0 aliphatic heterocycles. The summed E-state index contributed by atoms with van der Waals surface area (Å²) in [5.74, 6) is -0.662. The average Bonchev–Trinajstić information content (AvgIpc) is 3.11. The number of anilines is 1. The largest absolute Gasteiger partial charge is 0.508 e. The van der Waals surface area contributed by atoms with Gasteiger partial charge in [0.2, 0.25) is 0 Å². The van der Waals surface area contributed by atoms with Crippen molar-refractivity contribution in [1.29, 1.82) is 0 Å². The van der Waals surface area contributed by atoms with Crippen LogP contribution in [0.4, 0.5) is 5.82 Å². The van der Waals surface area contributed by atoms with Gasteiger partial charge in [-0.3, -0.25) is 9.36 Å². The lowest BCUT2D eigenvalue weighted by atomic mass is 9.85. The van der Waals surface area contributed by atoms with Gasteiger partial charge < -0.3 is 20.7 Å². The fourth-order valence-corrected chi connectivity index (χ4v) is 3.24. The number of aliphatic hydroxyl groups excluding tert-OH is 2. The summed E-state index contributed by atoms with van der Waals surface area (Å²) in [6.45, 7) is 3.42. The molecule has 0 spiro atoms. The van der Waals surface area contributed by atoms with E-state index in [9.17, 15) is 15.0 Å². The number of nitrogen functional groups attached to an aromatic ring is 1. The molecule has 10 heteroatoms. The number of carbonyl (C=O) groups excluding carboxylic acids is 1. The first kappa shape index (κ1) is 17.5. The van der Waals surface area contributed by atoms with Crippen LogP contribution < -0.4 is 5.73 Å².